The lowest BCUT2D eigenvalue weighted by Gasteiger charge is -2.28. The average Bonchev–Trinajstić information content (AvgIpc) is 3.25. The van der Waals surface area contributed by atoms with Crippen molar-refractivity contribution in [2.75, 3.05) is 17.3 Å². The van der Waals surface area contributed by atoms with Gasteiger partial charge in [0, 0.05) is 24.5 Å². The van der Waals surface area contributed by atoms with E-state index in [1.165, 1.54) is 22.9 Å². The molecule has 1 amide bonds. The van der Waals surface area contributed by atoms with Crippen molar-refractivity contribution in [2.45, 2.75) is 50.4 Å². The highest BCUT2D eigenvalue weighted by atomic mass is 32.2. The van der Waals surface area contributed by atoms with E-state index in [4.69, 9.17) is 0 Å². The van der Waals surface area contributed by atoms with Crippen molar-refractivity contribution in [1.29, 1.82) is 0 Å². The van der Waals surface area contributed by atoms with E-state index >= 15 is 0 Å². The summed E-state index contributed by atoms with van der Waals surface area (Å²) in [6, 6.07) is 6.20. The van der Waals surface area contributed by atoms with Crippen molar-refractivity contribution in [3.8, 4) is 5.69 Å². The molecule has 2 heterocycles. The molecule has 0 radical (unpaired) electrons. The topological polar surface area (TPSA) is 72.3 Å². The van der Waals surface area contributed by atoms with Crippen LogP contribution in [0.15, 0.2) is 35.7 Å². The molecular weight excluding hydrogens is 394 g/mol. The molecule has 2 aromatic rings. The van der Waals surface area contributed by atoms with Crippen LogP contribution in [0.5, 0.6) is 0 Å². The first kappa shape index (κ1) is 19.5. The highest BCUT2D eigenvalue weighted by Crippen LogP contribution is 2.33. The third-order valence-electron chi connectivity index (χ3n) is 5.60. The van der Waals surface area contributed by atoms with Gasteiger partial charge in [-0.15, -0.1) is 0 Å². The Hall–Kier alpha value is -1.80. The van der Waals surface area contributed by atoms with Crippen LogP contribution in [-0.2, 0) is 14.6 Å². The zero-order valence-electron chi connectivity index (χ0n) is 16.2. The molecule has 28 heavy (non-hydrogen) atoms. The monoisotopic (exact) mass is 419 g/mol. The number of thioether (sulfide) groups is 1. The fourth-order valence-corrected chi connectivity index (χ4v) is 6.38. The van der Waals surface area contributed by atoms with Gasteiger partial charge in [0.25, 0.3) is 0 Å². The Morgan fingerprint density at radius 3 is 2.71 bits per heavy atom. The smallest absolute Gasteiger partial charge is 0.233 e. The number of sulfone groups is 1. The summed E-state index contributed by atoms with van der Waals surface area (Å²) >= 11 is 1.41. The molecule has 2 aliphatic rings. The molecule has 0 bridgehead atoms. The van der Waals surface area contributed by atoms with Gasteiger partial charge in [-0.1, -0.05) is 23.9 Å². The molecule has 2 fully saturated rings. The number of benzene rings is 1. The van der Waals surface area contributed by atoms with Crippen molar-refractivity contribution >= 4 is 27.5 Å². The van der Waals surface area contributed by atoms with Gasteiger partial charge in [-0.3, -0.25) is 9.36 Å². The van der Waals surface area contributed by atoms with Gasteiger partial charge in [0.1, 0.15) is 0 Å². The molecule has 1 aliphatic heterocycles. The van der Waals surface area contributed by atoms with Crippen LogP contribution in [0, 0.1) is 13.8 Å². The van der Waals surface area contributed by atoms with E-state index in [2.05, 4.69) is 31.0 Å². The van der Waals surface area contributed by atoms with Crippen LogP contribution >= 0.6 is 11.8 Å². The quantitative estimate of drug-likeness (QED) is 0.673. The predicted molar refractivity (Wildman–Crippen MR) is 111 cm³/mol. The molecule has 6 nitrogen and oxygen atoms in total. The van der Waals surface area contributed by atoms with E-state index in [1.807, 2.05) is 21.7 Å². The van der Waals surface area contributed by atoms with Crippen LogP contribution in [0.25, 0.3) is 5.69 Å². The van der Waals surface area contributed by atoms with Gasteiger partial charge in [0.2, 0.25) is 5.91 Å². The van der Waals surface area contributed by atoms with Crippen LogP contribution in [0.2, 0.25) is 0 Å². The summed E-state index contributed by atoms with van der Waals surface area (Å²) in [6.07, 6.45) is 6.17. The summed E-state index contributed by atoms with van der Waals surface area (Å²) < 4.78 is 25.7. The number of imidazole rings is 1. The number of carbonyl (C=O) groups is 1. The normalized spacial score (nSPS) is 21.0. The summed E-state index contributed by atoms with van der Waals surface area (Å²) in [4.78, 5) is 19.2. The van der Waals surface area contributed by atoms with Crippen LogP contribution in [-0.4, -0.2) is 58.1 Å². The first-order valence-electron chi connectivity index (χ1n) is 9.60. The van der Waals surface area contributed by atoms with E-state index in [9.17, 15) is 13.2 Å². The van der Waals surface area contributed by atoms with E-state index in [0.29, 0.717) is 6.42 Å². The van der Waals surface area contributed by atoms with Gasteiger partial charge >= 0.3 is 0 Å². The van der Waals surface area contributed by atoms with Gasteiger partial charge in [-0.2, -0.15) is 0 Å². The van der Waals surface area contributed by atoms with Gasteiger partial charge in [-0.25, -0.2) is 13.4 Å². The third kappa shape index (κ3) is 3.98. The number of nitrogens with zero attached hydrogens (tertiary/aromatic N) is 3. The highest BCUT2D eigenvalue weighted by molar-refractivity contribution is 7.99. The lowest BCUT2D eigenvalue weighted by molar-refractivity contribution is -0.130. The minimum Gasteiger partial charge on any atom is -0.335 e. The first-order valence-corrected chi connectivity index (χ1v) is 12.4. The fraction of sp³-hybridized carbons (Fsp3) is 0.500. The van der Waals surface area contributed by atoms with Crippen LogP contribution in [0.1, 0.15) is 30.4 Å². The largest absolute Gasteiger partial charge is 0.335 e. The number of hydrogen-bond donors (Lipinski definition) is 0. The maximum atomic E-state index is 13.0. The van der Waals surface area contributed by atoms with Crippen molar-refractivity contribution in [2.24, 2.45) is 0 Å². The Morgan fingerprint density at radius 1 is 1.25 bits per heavy atom. The van der Waals surface area contributed by atoms with Crippen molar-refractivity contribution in [3.63, 3.8) is 0 Å². The summed E-state index contributed by atoms with van der Waals surface area (Å²) in [6.45, 7) is 4.16. The van der Waals surface area contributed by atoms with Crippen LogP contribution in [0.4, 0.5) is 0 Å². The Kier molecular flexibility index (Phi) is 5.26. The summed E-state index contributed by atoms with van der Waals surface area (Å²) in [5.41, 5.74) is 3.46. The number of aromatic nitrogens is 2. The Morgan fingerprint density at radius 2 is 2.04 bits per heavy atom. The van der Waals surface area contributed by atoms with E-state index in [1.54, 1.807) is 6.20 Å². The first-order chi connectivity index (χ1) is 13.4. The van der Waals surface area contributed by atoms with Crippen LogP contribution in [0.3, 0.4) is 0 Å². The molecule has 8 heteroatoms. The number of amides is 1. The predicted octanol–water partition coefficient (Wildman–Crippen LogP) is 2.76. The maximum absolute atomic E-state index is 13.0. The molecule has 1 aromatic heterocycles. The Balaban J connectivity index is 1.48. The molecule has 1 unspecified atom stereocenters. The second kappa shape index (κ2) is 7.55. The molecule has 1 saturated carbocycles. The minimum atomic E-state index is -3.01. The number of rotatable bonds is 6. The van der Waals surface area contributed by atoms with Gasteiger partial charge in [0.05, 0.1) is 22.9 Å². The van der Waals surface area contributed by atoms with E-state index in [0.717, 1.165) is 23.7 Å². The second-order valence-corrected chi connectivity index (χ2v) is 10.8. The molecule has 150 valence electrons. The van der Waals surface area contributed by atoms with E-state index in [-0.39, 0.29) is 35.2 Å². The number of carbonyl (C=O) groups excluding carboxylic acids is 1. The average molecular weight is 420 g/mol. The lowest BCUT2D eigenvalue weighted by Crippen LogP contribution is -2.43. The lowest BCUT2D eigenvalue weighted by atomic mass is 10.1. The van der Waals surface area contributed by atoms with Crippen LogP contribution < -0.4 is 0 Å². The fourth-order valence-electron chi connectivity index (χ4n) is 3.83. The molecular formula is C20H25N3O3S2. The minimum absolute atomic E-state index is 0.0186. The number of hydrogen-bond acceptors (Lipinski definition) is 5. The van der Waals surface area contributed by atoms with Crippen molar-refractivity contribution < 1.29 is 13.2 Å². The summed E-state index contributed by atoms with van der Waals surface area (Å²) in [5, 5.41) is 0.775. The standard InChI is InChI=1S/C20H25N3O3S2/c1-14-4-3-5-18(15(14)2)22-10-9-21-20(22)27-12-19(24)23(16-6-7-16)17-8-11-28(25,26)13-17/h3-5,9-10,16-17H,6-8,11-13H2,1-2H3. The molecule has 1 aliphatic carbocycles. The highest BCUT2D eigenvalue weighted by Gasteiger charge is 2.41. The maximum Gasteiger partial charge on any atom is 0.233 e. The van der Waals surface area contributed by atoms with Gasteiger partial charge in [-0.05, 0) is 50.3 Å². The zero-order chi connectivity index (χ0) is 19.9. The molecule has 1 saturated heterocycles. The van der Waals surface area contributed by atoms with Crippen molar-refractivity contribution in [1.82, 2.24) is 14.5 Å². The number of aryl methyl sites for hydroxylation is 1. The van der Waals surface area contributed by atoms with Crippen molar-refractivity contribution in [3.05, 3.63) is 41.7 Å². The molecule has 1 atom stereocenters. The SMILES string of the molecule is Cc1cccc(-n2ccnc2SCC(=O)N(C2CC2)C2CCS(=O)(=O)C2)c1C. The molecule has 1 aromatic carbocycles. The zero-order valence-corrected chi connectivity index (χ0v) is 17.8. The molecule has 0 spiro atoms. The molecule has 4 rings (SSSR count). The van der Waals surface area contributed by atoms with Gasteiger partial charge < -0.3 is 4.90 Å². The Labute approximate surface area is 170 Å². The van der Waals surface area contributed by atoms with Gasteiger partial charge in [0.15, 0.2) is 15.0 Å². The summed E-state index contributed by atoms with van der Waals surface area (Å²) in [7, 11) is -3.01. The Bertz CT molecular complexity index is 996. The second-order valence-electron chi connectivity index (χ2n) is 7.68. The molecule has 0 N–H and O–H groups in total. The third-order valence-corrected chi connectivity index (χ3v) is 8.30. The van der Waals surface area contributed by atoms with E-state index < -0.39 is 9.84 Å². The summed E-state index contributed by atoms with van der Waals surface area (Å²) in [5.74, 6) is 0.592.